The third-order valence-electron chi connectivity index (χ3n) is 4.37. The summed E-state index contributed by atoms with van der Waals surface area (Å²) in [6.45, 7) is 3.32. The second kappa shape index (κ2) is 7.98. The summed E-state index contributed by atoms with van der Waals surface area (Å²) in [5, 5.41) is 8.93. The Morgan fingerprint density at radius 3 is 2.56 bits per heavy atom. The lowest BCUT2D eigenvalue weighted by Gasteiger charge is -2.34. The van der Waals surface area contributed by atoms with Gasteiger partial charge in [-0.2, -0.15) is 16.3 Å². The summed E-state index contributed by atoms with van der Waals surface area (Å²) in [7, 11) is 0. The highest BCUT2D eigenvalue weighted by Gasteiger charge is 2.24. The molecule has 1 fully saturated rings. The molecule has 1 aliphatic heterocycles. The molecular formula is C18H16Cl2N4O2S. The maximum absolute atomic E-state index is 12.7. The van der Waals surface area contributed by atoms with E-state index < -0.39 is 0 Å². The Morgan fingerprint density at radius 2 is 1.89 bits per heavy atom. The minimum atomic E-state index is -0.0571. The van der Waals surface area contributed by atoms with Crippen LogP contribution in [0.5, 0.6) is 0 Å². The molecule has 0 unspecified atom stereocenters. The number of carbonyl (C=O) groups is 1. The van der Waals surface area contributed by atoms with Crippen molar-refractivity contribution in [1.29, 1.82) is 0 Å². The molecule has 3 aromatic rings. The van der Waals surface area contributed by atoms with Gasteiger partial charge in [-0.3, -0.25) is 9.69 Å². The molecule has 1 saturated heterocycles. The molecule has 4 rings (SSSR count). The first kappa shape index (κ1) is 18.4. The topological polar surface area (TPSA) is 62.5 Å². The molecule has 9 heteroatoms. The first-order valence-electron chi connectivity index (χ1n) is 8.41. The van der Waals surface area contributed by atoms with Crippen LogP contribution in [0.25, 0.3) is 11.5 Å². The number of hydrogen-bond donors (Lipinski definition) is 0. The van der Waals surface area contributed by atoms with E-state index in [4.69, 9.17) is 27.7 Å². The van der Waals surface area contributed by atoms with Crippen LogP contribution in [0.3, 0.4) is 0 Å². The fourth-order valence-corrected chi connectivity index (χ4v) is 4.15. The number of aromatic nitrogens is 2. The number of hydrogen-bond acceptors (Lipinski definition) is 6. The van der Waals surface area contributed by atoms with Crippen molar-refractivity contribution in [2.75, 3.05) is 26.2 Å². The lowest BCUT2D eigenvalue weighted by atomic mass is 10.2. The molecule has 0 N–H and O–H groups in total. The van der Waals surface area contributed by atoms with Gasteiger partial charge in [0.05, 0.1) is 12.1 Å². The summed E-state index contributed by atoms with van der Waals surface area (Å²) in [6, 6.07) is 6.86. The van der Waals surface area contributed by atoms with E-state index in [1.165, 1.54) is 0 Å². The third kappa shape index (κ3) is 4.32. The van der Waals surface area contributed by atoms with Crippen LogP contribution in [0.1, 0.15) is 16.2 Å². The number of nitrogens with zero attached hydrogens (tertiary/aromatic N) is 4. The number of benzene rings is 1. The Kier molecular flexibility index (Phi) is 5.45. The number of carbonyl (C=O) groups excluding carboxylic acids is 1. The van der Waals surface area contributed by atoms with Crippen LogP contribution in [0.4, 0.5) is 0 Å². The van der Waals surface area contributed by atoms with Crippen molar-refractivity contribution in [2.45, 2.75) is 6.54 Å². The smallest absolute Gasteiger partial charge is 0.258 e. The van der Waals surface area contributed by atoms with E-state index in [-0.39, 0.29) is 5.91 Å². The Balaban J connectivity index is 1.34. The molecule has 0 aliphatic carbocycles. The van der Waals surface area contributed by atoms with E-state index in [2.05, 4.69) is 15.0 Å². The SMILES string of the molecule is O=C(c1cc(Cl)cc(Cl)c1)N1CCN(Cc2noc(-c3ccsc3)n2)CC1. The summed E-state index contributed by atoms with van der Waals surface area (Å²) in [4.78, 5) is 21.1. The van der Waals surface area contributed by atoms with Gasteiger partial charge in [-0.1, -0.05) is 28.4 Å². The normalized spacial score (nSPS) is 15.3. The maximum atomic E-state index is 12.7. The quantitative estimate of drug-likeness (QED) is 0.633. The highest BCUT2D eigenvalue weighted by molar-refractivity contribution is 7.08. The van der Waals surface area contributed by atoms with Crippen LogP contribution in [0.2, 0.25) is 10.0 Å². The van der Waals surface area contributed by atoms with E-state index in [1.54, 1.807) is 29.5 Å². The van der Waals surface area contributed by atoms with Gasteiger partial charge in [0.1, 0.15) is 0 Å². The van der Waals surface area contributed by atoms with Crippen molar-refractivity contribution in [1.82, 2.24) is 19.9 Å². The van der Waals surface area contributed by atoms with Gasteiger partial charge < -0.3 is 9.42 Å². The highest BCUT2D eigenvalue weighted by Crippen LogP contribution is 2.22. The summed E-state index contributed by atoms with van der Waals surface area (Å²) in [5.41, 5.74) is 1.45. The lowest BCUT2D eigenvalue weighted by Crippen LogP contribution is -2.48. The summed E-state index contributed by atoms with van der Waals surface area (Å²) >= 11 is 13.6. The van der Waals surface area contributed by atoms with Gasteiger partial charge in [0.25, 0.3) is 11.8 Å². The first-order chi connectivity index (χ1) is 13.1. The average molecular weight is 423 g/mol. The van der Waals surface area contributed by atoms with Crippen molar-refractivity contribution >= 4 is 40.4 Å². The minimum absolute atomic E-state index is 0.0571. The Morgan fingerprint density at radius 1 is 1.15 bits per heavy atom. The van der Waals surface area contributed by atoms with Crippen LogP contribution < -0.4 is 0 Å². The zero-order chi connectivity index (χ0) is 18.8. The zero-order valence-electron chi connectivity index (χ0n) is 14.3. The van der Waals surface area contributed by atoms with Crippen LogP contribution >= 0.6 is 34.5 Å². The molecule has 2 aromatic heterocycles. The van der Waals surface area contributed by atoms with E-state index in [0.717, 1.165) is 18.7 Å². The van der Waals surface area contributed by atoms with Gasteiger partial charge >= 0.3 is 0 Å². The second-order valence-corrected chi connectivity index (χ2v) is 7.91. The van der Waals surface area contributed by atoms with E-state index in [1.807, 2.05) is 21.7 Å². The zero-order valence-corrected chi connectivity index (χ0v) is 16.6. The molecule has 0 atom stereocenters. The van der Waals surface area contributed by atoms with Gasteiger partial charge in [-0.15, -0.1) is 0 Å². The number of piperazine rings is 1. The average Bonchev–Trinajstić information content (AvgIpc) is 3.32. The third-order valence-corrected chi connectivity index (χ3v) is 5.49. The number of thiophene rings is 1. The Bertz CT molecular complexity index is 917. The molecule has 1 amide bonds. The molecule has 1 aliphatic rings. The first-order valence-corrected chi connectivity index (χ1v) is 10.1. The highest BCUT2D eigenvalue weighted by atomic mass is 35.5. The van der Waals surface area contributed by atoms with Gasteiger partial charge in [0.2, 0.25) is 0 Å². The molecule has 3 heterocycles. The van der Waals surface area contributed by atoms with Crippen molar-refractivity contribution in [2.24, 2.45) is 0 Å². The summed E-state index contributed by atoms with van der Waals surface area (Å²) < 4.78 is 5.32. The van der Waals surface area contributed by atoms with Gasteiger partial charge in [0.15, 0.2) is 5.82 Å². The molecule has 0 bridgehead atoms. The summed E-state index contributed by atoms with van der Waals surface area (Å²) in [5.74, 6) is 1.13. The molecule has 0 spiro atoms. The van der Waals surface area contributed by atoms with Crippen molar-refractivity contribution in [3.8, 4) is 11.5 Å². The number of amides is 1. The largest absolute Gasteiger partial charge is 0.336 e. The summed E-state index contributed by atoms with van der Waals surface area (Å²) in [6.07, 6.45) is 0. The standard InChI is InChI=1S/C18H16Cl2N4O2S/c19-14-7-13(8-15(20)9-14)18(25)24-4-2-23(3-5-24)10-16-21-17(26-22-16)12-1-6-27-11-12/h1,6-9,11H,2-5,10H2. The Labute approximate surface area is 170 Å². The van der Waals surface area contributed by atoms with Crippen molar-refractivity contribution < 1.29 is 9.32 Å². The minimum Gasteiger partial charge on any atom is -0.336 e. The number of rotatable bonds is 4. The van der Waals surface area contributed by atoms with Gasteiger partial charge in [-0.25, -0.2) is 0 Å². The molecule has 0 saturated carbocycles. The molecule has 6 nitrogen and oxygen atoms in total. The van der Waals surface area contributed by atoms with Crippen LogP contribution in [0, 0.1) is 0 Å². The van der Waals surface area contributed by atoms with Crippen molar-refractivity contribution in [3.05, 3.63) is 56.5 Å². The maximum Gasteiger partial charge on any atom is 0.258 e. The fourth-order valence-electron chi connectivity index (χ4n) is 2.99. The van der Waals surface area contributed by atoms with Crippen LogP contribution in [-0.4, -0.2) is 52.0 Å². The monoisotopic (exact) mass is 422 g/mol. The predicted molar refractivity (Wildman–Crippen MR) is 105 cm³/mol. The van der Waals surface area contributed by atoms with Crippen LogP contribution in [0.15, 0.2) is 39.5 Å². The molecule has 27 heavy (non-hydrogen) atoms. The van der Waals surface area contributed by atoms with Crippen molar-refractivity contribution in [3.63, 3.8) is 0 Å². The molecule has 1 aromatic carbocycles. The predicted octanol–water partition coefficient (Wildman–Crippen LogP) is 4.06. The van der Waals surface area contributed by atoms with E-state index in [0.29, 0.717) is 47.0 Å². The second-order valence-electron chi connectivity index (χ2n) is 6.25. The van der Waals surface area contributed by atoms with Gasteiger partial charge in [0, 0.05) is 47.2 Å². The number of halogens is 2. The van der Waals surface area contributed by atoms with Crippen LogP contribution in [-0.2, 0) is 6.54 Å². The molecular weight excluding hydrogens is 407 g/mol. The Hall–Kier alpha value is -1.93. The lowest BCUT2D eigenvalue weighted by molar-refractivity contribution is 0.0624. The molecule has 0 radical (unpaired) electrons. The molecule has 140 valence electrons. The van der Waals surface area contributed by atoms with E-state index in [9.17, 15) is 4.79 Å². The van der Waals surface area contributed by atoms with E-state index >= 15 is 0 Å². The fraction of sp³-hybridized carbons (Fsp3) is 0.278. The van der Waals surface area contributed by atoms with Gasteiger partial charge in [-0.05, 0) is 29.6 Å².